The highest BCUT2D eigenvalue weighted by atomic mass is 16.5. The van der Waals surface area contributed by atoms with Gasteiger partial charge in [-0.25, -0.2) is 4.79 Å². The van der Waals surface area contributed by atoms with Crippen molar-refractivity contribution in [3.63, 3.8) is 0 Å². The molecule has 0 saturated carbocycles. The van der Waals surface area contributed by atoms with Crippen LogP contribution in [0.5, 0.6) is 0 Å². The molecule has 1 aromatic carbocycles. The fourth-order valence-corrected chi connectivity index (χ4v) is 1.90. The Morgan fingerprint density at radius 1 is 1.41 bits per heavy atom. The average Bonchev–Trinajstić information content (AvgIpc) is 2.72. The summed E-state index contributed by atoms with van der Waals surface area (Å²) < 4.78 is 10.5. The minimum atomic E-state index is -0.327. The van der Waals surface area contributed by atoms with Crippen molar-refractivity contribution < 1.29 is 13.9 Å². The van der Waals surface area contributed by atoms with Crippen molar-refractivity contribution >= 4 is 16.9 Å². The second-order valence-corrected chi connectivity index (χ2v) is 4.25. The second-order valence-electron chi connectivity index (χ2n) is 4.25. The number of furan rings is 1. The Kier molecular flexibility index (Phi) is 3.18. The van der Waals surface area contributed by atoms with E-state index in [9.17, 15) is 4.79 Å². The van der Waals surface area contributed by atoms with Crippen molar-refractivity contribution in [1.29, 1.82) is 0 Å². The van der Waals surface area contributed by atoms with Gasteiger partial charge >= 0.3 is 5.97 Å². The number of hydrogen-bond acceptors (Lipinski definition) is 3. The number of fused-ring (bicyclic) bond motifs is 1. The lowest BCUT2D eigenvalue weighted by Gasteiger charge is -2.05. The van der Waals surface area contributed by atoms with Gasteiger partial charge in [0.2, 0.25) is 0 Å². The lowest BCUT2D eigenvalue weighted by molar-refractivity contribution is 0.0527. The molecule has 0 aliphatic heterocycles. The third-order valence-corrected chi connectivity index (χ3v) is 2.75. The maximum absolute atomic E-state index is 11.7. The van der Waals surface area contributed by atoms with Gasteiger partial charge in [-0.1, -0.05) is 32.0 Å². The molecule has 0 saturated heterocycles. The Morgan fingerprint density at radius 3 is 2.82 bits per heavy atom. The van der Waals surface area contributed by atoms with Crippen molar-refractivity contribution in [2.24, 2.45) is 0 Å². The molecule has 0 aliphatic carbocycles. The van der Waals surface area contributed by atoms with E-state index >= 15 is 0 Å². The first-order valence-electron chi connectivity index (χ1n) is 5.82. The van der Waals surface area contributed by atoms with E-state index in [0.717, 1.165) is 16.5 Å². The summed E-state index contributed by atoms with van der Waals surface area (Å²) in [5.41, 5.74) is 2.40. The summed E-state index contributed by atoms with van der Waals surface area (Å²) in [7, 11) is 0. The molecule has 0 bridgehead atoms. The van der Waals surface area contributed by atoms with Gasteiger partial charge in [0.25, 0.3) is 0 Å². The minimum absolute atomic E-state index is 0.327. The highest BCUT2D eigenvalue weighted by molar-refractivity contribution is 6.03. The Bertz CT molecular complexity index is 537. The van der Waals surface area contributed by atoms with Gasteiger partial charge in [-0.3, -0.25) is 0 Å². The SMILES string of the molecule is CCOC(=O)c1coc2c(C(C)C)cccc12. The number of ether oxygens (including phenoxy) is 1. The molecule has 2 aromatic rings. The predicted octanol–water partition coefficient (Wildman–Crippen LogP) is 3.73. The van der Waals surface area contributed by atoms with Crippen LogP contribution in [0, 0.1) is 0 Å². The molecule has 0 N–H and O–H groups in total. The number of hydrogen-bond donors (Lipinski definition) is 0. The maximum Gasteiger partial charge on any atom is 0.342 e. The molecule has 0 unspecified atom stereocenters. The van der Waals surface area contributed by atoms with Gasteiger partial charge in [0.15, 0.2) is 0 Å². The molecule has 0 radical (unpaired) electrons. The van der Waals surface area contributed by atoms with Gasteiger partial charge in [-0.2, -0.15) is 0 Å². The van der Waals surface area contributed by atoms with Crippen molar-refractivity contribution in [1.82, 2.24) is 0 Å². The normalized spacial score (nSPS) is 11.1. The molecule has 0 fully saturated rings. The van der Waals surface area contributed by atoms with Crippen LogP contribution in [0.1, 0.15) is 42.6 Å². The van der Waals surface area contributed by atoms with Crippen LogP contribution in [0.3, 0.4) is 0 Å². The number of rotatable bonds is 3. The van der Waals surface area contributed by atoms with E-state index in [4.69, 9.17) is 9.15 Å². The summed E-state index contributed by atoms with van der Waals surface area (Å²) in [5.74, 6) is 0.0343. The molecule has 0 atom stereocenters. The van der Waals surface area contributed by atoms with Gasteiger partial charge < -0.3 is 9.15 Å². The largest absolute Gasteiger partial charge is 0.463 e. The lowest BCUT2D eigenvalue weighted by Crippen LogP contribution is -2.03. The van der Waals surface area contributed by atoms with Crippen LogP contribution in [0.2, 0.25) is 0 Å². The van der Waals surface area contributed by atoms with Crippen molar-refractivity contribution in [3.8, 4) is 0 Å². The Hall–Kier alpha value is -1.77. The van der Waals surface area contributed by atoms with Gasteiger partial charge in [0.05, 0.1) is 6.61 Å². The summed E-state index contributed by atoms with van der Waals surface area (Å²) in [4.78, 5) is 11.7. The van der Waals surface area contributed by atoms with Crippen LogP contribution in [0.25, 0.3) is 11.0 Å². The predicted molar refractivity (Wildman–Crippen MR) is 66.3 cm³/mol. The van der Waals surface area contributed by atoms with Gasteiger partial charge in [0.1, 0.15) is 17.4 Å². The molecule has 3 nitrogen and oxygen atoms in total. The zero-order chi connectivity index (χ0) is 12.4. The molecule has 2 rings (SSSR count). The summed E-state index contributed by atoms with van der Waals surface area (Å²) in [6.45, 7) is 6.36. The van der Waals surface area contributed by atoms with E-state index in [0.29, 0.717) is 18.1 Å². The fourth-order valence-electron chi connectivity index (χ4n) is 1.90. The summed E-state index contributed by atoms with van der Waals surface area (Å²) in [6.07, 6.45) is 1.48. The van der Waals surface area contributed by atoms with Crippen molar-refractivity contribution in [2.75, 3.05) is 6.61 Å². The molecular weight excluding hydrogens is 216 g/mol. The Labute approximate surface area is 100 Å². The fraction of sp³-hybridized carbons (Fsp3) is 0.357. The van der Waals surface area contributed by atoms with Crippen LogP contribution >= 0.6 is 0 Å². The maximum atomic E-state index is 11.7. The topological polar surface area (TPSA) is 39.4 Å². The smallest absolute Gasteiger partial charge is 0.342 e. The van der Waals surface area contributed by atoms with Crippen LogP contribution in [0.15, 0.2) is 28.9 Å². The van der Waals surface area contributed by atoms with Crippen LogP contribution < -0.4 is 0 Å². The van der Waals surface area contributed by atoms with Crippen LogP contribution in [0.4, 0.5) is 0 Å². The van der Waals surface area contributed by atoms with Crippen LogP contribution in [-0.2, 0) is 4.74 Å². The summed E-state index contributed by atoms with van der Waals surface area (Å²) in [5, 5.41) is 0.828. The molecule has 1 heterocycles. The standard InChI is InChI=1S/C14H16O3/c1-4-16-14(15)12-8-17-13-10(9(2)3)6-5-7-11(12)13/h5-9H,4H2,1-3H3. The quantitative estimate of drug-likeness (QED) is 0.757. The third kappa shape index (κ3) is 2.05. The molecule has 90 valence electrons. The Morgan fingerprint density at radius 2 is 2.18 bits per heavy atom. The number of esters is 1. The van der Waals surface area contributed by atoms with Gasteiger partial charge in [-0.15, -0.1) is 0 Å². The van der Waals surface area contributed by atoms with Crippen molar-refractivity contribution in [3.05, 3.63) is 35.6 Å². The summed E-state index contributed by atoms with van der Waals surface area (Å²) >= 11 is 0. The summed E-state index contributed by atoms with van der Waals surface area (Å²) in [6, 6.07) is 5.85. The Balaban J connectivity index is 2.55. The van der Waals surface area contributed by atoms with Crippen LogP contribution in [-0.4, -0.2) is 12.6 Å². The number of carbonyl (C=O) groups is 1. The first-order valence-corrected chi connectivity index (χ1v) is 5.82. The van der Waals surface area contributed by atoms with E-state index in [1.54, 1.807) is 6.92 Å². The second kappa shape index (κ2) is 4.62. The first kappa shape index (κ1) is 11.7. The zero-order valence-corrected chi connectivity index (χ0v) is 10.3. The van der Waals surface area contributed by atoms with E-state index in [1.807, 2.05) is 18.2 Å². The molecule has 1 aromatic heterocycles. The number of para-hydroxylation sites is 1. The van der Waals surface area contributed by atoms with E-state index < -0.39 is 0 Å². The highest BCUT2D eigenvalue weighted by Crippen LogP contribution is 2.29. The molecule has 0 amide bonds. The van der Waals surface area contributed by atoms with Crippen molar-refractivity contribution in [2.45, 2.75) is 26.7 Å². The highest BCUT2D eigenvalue weighted by Gasteiger charge is 2.17. The monoisotopic (exact) mass is 232 g/mol. The number of carbonyl (C=O) groups excluding carboxylic acids is 1. The van der Waals surface area contributed by atoms with E-state index in [-0.39, 0.29) is 5.97 Å². The lowest BCUT2D eigenvalue weighted by atomic mass is 10.0. The first-order chi connectivity index (χ1) is 8.15. The van der Waals surface area contributed by atoms with Gasteiger partial charge in [-0.05, 0) is 18.4 Å². The van der Waals surface area contributed by atoms with E-state index in [2.05, 4.69) is 13.8 Å². The molecule has 0 aliphatic rings. The number of benzene rings is 1. The minimum Gasteiger partial charge on any atom is -0.463 e. The van der Waals surface area contributed by atoms with E-state index in [1.165, 1.54) is 6.26 Å². The molecule has 17 heavy (non-hydrogen) atoms. The third-order valence-electron chi connectivity index (χ3n) is 2.75. The van der Waals surface area contributed by atoms with Gasteiger partial charge in [0, 0.05) is 5.39 Å². The molecular formula is C14H16O3. The zero-order valence-electron chi connectivity index (χ0n) is 10.3. The molecule has 0 spiro atoms. The molecule has 3 heteroatoms. The average molecular weight is 232 g/mol.